The number of rotatable bonds is 9. The van der Waals surface area contributed by atoms with Gasteiger partial charge in [-0.3, -0.25) is 0 Å². The second kappa shape index (κ2) is 8.35. The molecule has 3 nitrogen and oxygen atoms in total. The Bertz CT molecular complexity index is 388. The molecule has 0 saturated heterocycles. The topological polar surface area (TPSA) is 60.7 Å². The van der Waals surface area contributed by atoms with Crippen LogP contribution in [0.15, 0.2) is 24.3 Å². The van der Waals surface area contributed by atoms with Gasteiger partial charge in [0.15, 0.2) is 0 Å². The lowest BCUT2D eigenvalue weighted by atomic mass is 9.90. The molecule has 1 rings (SSSR count). The molecule has 0 saturated carbocycles. The molecule has 0 radical (unpaired) electrons. The van der Waals surface area contributed by atoms with Gasteiger partial charge in [0.2, 0.25) is 0 Å². The number of hydrogen-bond acceptors (Lipinski definition) is 3. The van der Waals surface area contributed by atoms with Gasteiger partial charge in [-0.05, 0) is 24.1 Å². The molecule has 1 unspecified atom stereocenters. The fourth-order valence-electron chi connectivity index (χ4n) is 2.44. The lowest BCUT2D eigenvalue weighted by molar-refractivity contribution is -0.326. The molecule has 1 atom stereocenters. The van der Waals surface area contributed by atoms with Gasteiger partial charge >= 0.3 is 0 Å². The lowest BCUT2D eigenvalue weighted by Crippen LogP contribution is -2.35. The molecular formula is C16H25FO3. The summed E-state index contributed by atoms with van der Waals surface area (Å²) in [6.07, 6.45) is 6.81. The Labute approximate surface area is 120 Å². The standard InChI is InChI=1S/C16H25FO3/c1-2-3-4-5-6-7-11-15(16(18,19)20)13-9-8-10-14(17)12-13/h8-10,12,15,18-20H,2-7,11H2,1H3. The van der Waals surface area contributed by atoms with Crippen molar-refractivity contribution < 1.29 is 19.7 Å². The number of unbranched alkanes of at least 4 members (excludes halogenated alkanes) is 5. The molecular weight excluding hydrogens is 259 g/mol. The largest absolute Gasteiger partial charge is 0.343 e. The molecule has 0 aliphatic carbocycles. The monoisotopic (exact) mass is 284 g/mol. The maximum absolute atomic E-state index is 13.2. The summed E-state index contributed by atoms with van der Waals surface area (Å²) in [6.45, 7) is 2.15. The van der Waals surface area contributed by atoms with E-state index in [1.165, 1.54) is 37.5 Å². The highest BCUT2D eigenvalue weighted by molar-refractivity contribution is 5.21. The Morgan fingerprint density at radius 2 is 1.70 bits per heavy atom. The van der Waals surface area contributed by atoms with Crippen LogP contribution in [0.4, 0.5) is 4.39 Å². The van der Waals surface area contributed by atoms with E-state index in [1.54, 1.807) is 6.07 Å². The lowest BCUT2D eigenvalue weighted by Gasteiger charge is -2.26. The van der Waals surface area contributed by atoms with Crippen LogP contribution in [-0.2, 0) is 0 Å². The van der Waals surface area contributed by atoms with Crippen LogP contribution in [0, 0.1) is 5.82 Å². The third-order valence-corrected chi connectivity index (χ3v) is 3.56. The minimum absolute atomic E-state index is 0.408. The quantitative estimate of drug-likeness (QED) is 0.481. The molecule has 0 heterocycles. The molecule has 0 fully saturated rings. The average Bonchev–Trinajstić information content (AvgIpc) is 2.36. The summed E-state index contributed by atoms with van der Waals surface area (Å²) in [6, 6.07) is 5.63. The molecule has 0 amide bonds. The molecule has 1 aromatic rings. The fraction of sp³-hybridized carbons (Fsp3) is 0.625. The van der Waals surface area contributed by atoms with Gasteiger partial charge in [0.25, 0.3) is 5.97 Å². The number of benzene rings is 1. The summed E-state index contributed by atoms with van der Waals surface area (Å²) < 4.78 is 13.2. The summed E-state index contributed by atoms with van der Waals surface area (Å²) in [5, 5.41) is 28.4. The highest BCUT2D eigenvalue weighted by Gasteiger charge is 2.33. The van der Waals surface area contributed by atoms with Crippen molar-refractivity contribution in [2.45, 2.75) is 63.8 Å². The summed E-state index contributed by atoms with van der Waals surface area (Å²) in [4.78, 5) is 0. The number of hydrogen-bond donors (Lipinski definition) is 3. The van der Waals surface area contributed by atoms with Gasteiger partial charge in [0.05, 0.1) is 5.92 Å². The SMILES string of the molecule is CCCCCCCCC(c1cccc(F)c1)C(O)(O)O. The third kappa shape index (κ3) is 5.99. The molecule has 3 N–H and O–H groups in total. The van der Waals surface area contributed by atoms with Crippen molar-refractivity contribution >= 4 is 0 Å². The van der Waals surface area contributed by atoms with E-state index in [-0.39, 0.29) is 0 Å². The Hall–Kier alpha value is -0.970. The second-order valence-electron chi connectivity index (χ2n) is 5.35. The van der Waals surface area contributed by atoms with E-state index in [4.69, 9.17) is 0 Å². The Kier molecular flexibility index (Phi) is 7.13. The van der Waals surface area contributed by atoms with Crippen LogP contribution in [0.3, 0.4) is 0 Å². The van der Waals surface area contributed by atoms with Crippen molar-refractivity contribution in [1.82, 2.24) is 0 Å². The first-order valence-corrected chi connectivity index (χ1v) is 7.37. The third-order valence-electron chi connectivity index (χ3n) is 3.56. The molecule has 0 spiro atoms. The Morgan fingerprint density at radius 3 is 2.30 bits per heavy atom. The smallest absolute Gasteiger partial charge is 0.282 e. The zero-order valence-corrected chi connectivity index (χ0v) is 12.1. The minimum atomic E-state index is -2.81. The van der Waals surface area contributed by atoms with Crippen molar-refractivity contribution in [2.75, 3.05) is 0 Å². The van der Waals surface area contributed by atoms with Crippen LogP contribution in [-0.4, -0.2) is 21.3 Å². The van der Waals surface area contributed by atoms with Crippen LogP contribution in [0.2, 0.25) is 0 Å². The molecule has 0 aliphatic rings. The molecule has 1 aromatic carbocycles. The summed E-state index contributed by atoms with van der Waals surface area (Å²) in [5.41, 5.74) is 0.408. The van der Waals surface area contributed by atoms with Crippen LogP contribution in [0.1, 0.15) is 63.4 Å². The predicted molar refractivity (Wildman–Crippen MR) is 76.5 cm³/mol. The van der Waals surface area contributed by atoms with Crippen molar-refractivity contribution in [1.29, 1.82) is 0 Å². The van der Waals surface area contributed by atoms with E-state index in [1.807, 2.05) is 0 Å². The highest BCUT2D eigenvalue weighted by Crippen LogP contribution is 2.30. The molecule has 0 aliphatic heterocycles. The fourth-order valence-corrected chi connectivity index (χ4v) is 2.44. The van der Waals surface area contributed by atoms with Crippen molar-refractivity contribution in [3.05, 3.63) is 35.6 Å². The van der Waals surface area contributed by atoms with Gasteiger partial charge in [-0.2, -0.15) is 0 Å². The van der Waals surface area contributed by atoms with E-state index >= 15 is 0 Å². The van der Waals surface area contributed by atoms with Gasteiger partial charge in [-0.15, -0.1) is 0 Å². The zero-order chi connectivity index (χ0) is 15.0. The van der Waals surface area contributed by atoms with E-state index in [9.17, 15) is 19.7 Å². The van der Waals surface area contributed by atoms with E-state index in [2.05, 4.69) is 6.92 Å². The van der Waals surface area contributed by atoms with Gasteiger partial charge in [0.1, 0.15) is 5.82 Å². The maximum atomic E-state index is 13.2. The summed E-state index contributed by atoms with van der Waals surface area (Å²) in [5.74, 6) is -4.14. The second-order valence-corrected chi connectivity index (χ2v) is 5.35. The van der Waals surface area contributed by atoms with Crippen molar-refractivity contribution in [3.8, 4) is 0 Å². The minimum Gasteiger partial charge on any atom is -0.343 e. The molecule has 4 heteroatoms. The van der Waals surface area contributed by atoms with E-state index in [0.29, 0.717) is 12.0 Å². The van der Waals surface area contributed by atoms with Crippen molar-refractivity contribution in [2.24, 2.45) is 0 Å². The first kappa shape index (κ1) is 17.1. The van der Waals surface area contributed by atoms with Gasteiger partial charge in [-0.1, -0.05) is 57.6 Å². The van der Waals surface area contributed by atoms with Crippen LogP contribution >= 0.6 is 0 Å². The molecule has 0 aromatic heterocycles. The van der Waals surface area contributed by atoms with Crippen LogP contribution in [0.25, 0.3) is 0 Å². The highest BCUT2D eigenvalue weighted by atomic mass is 19.1. The first-order chi connectivity index (χ1) is 9.45. The number of aliphatic hydroxyl groups is 3. The maximum Gasteiger partial charge on any atom is 0.282 e. The summed E-state index contributed by atoms with van der Waals surface area (Å²) in [7, 11) is 0. The van der Waals surface area contributed by atoms with Gasteiger partial charge in [0, 0.05) is 0 Å². The molecule has 114 valence electrons. The van der Waals surface area contributed by atoms with Crippen LogP contribution < -0.4 is 0 Å². The van der Waals surface area contributed by atoms with E-state index in [0.717, 1.165) is 19.3 Å². The van der Waals surface area contributed by atoms with E-state index < -0.39 is 17.7 Å². The summed E-state index contributed by atoms with van der Waals surface area (Å²) >= 11 is 0. The van der Waals surface area contributed by atoms with Gasteiger partial charge in [-0.25, -0.2) is 4.39 Å². The normalized spacial score (nSPS) is 13.4. The zero-order valence-electron chi connectivity index (χ0n) is 12.1. The van der Waals surface area contributed by atoms with Gasteiger partial charge < -0.3 is 15.3 Å². The molecule has 0 bridgehead atoms. The number of halogens is 1. The average molecular weight is 284 g/mol. The Balaban J connectivity index is 2.54. The molecule has 20 heavy (non-hydrogen) atoms. The van der Waals surface area contributed by atoms with Crippen molar-refractivity contribution in [3.63, 3.8) is 0 Å². The predicted octanol–water partition coefficient (Wildman–Crippen LogP) is 3.29. The first-order valence-electron chi connectivity index (χ1n) is 7.37. The Morgan fingerprint density at radius 1 is 1.05 bits per heavy atom. The van der Waals surface area contributed by atoms with Crippen LogP contribution in [0.5, 0.6) is 0 Å².